The molecule has 1 saturated heterocycles. The van der Waals surface area contributed by atoms with Crippen LogP contribution in [0, 0.1) is 12.3 Å². The molecule has 0 aliphatic carbocycles. The Hall–Kier alpha value is -1.96. The molecule has 1 aliphatic rings. The molecule has 3 aromatic rings. The van der Waals surface area contributed by atoms with E-state index in [2.05, 4.69) is 69.9 Å². The highest BCUT2D eigenvalue weighted by Gasteiger charge is 2.44. The lowest BCUT2D eigenvalue weighted by atomic mass is 9.86. The van der Waals surface area contributed by atoms with Crippen LogP contribution in [0.2, 0.25) is 0 Å². The third kappa shape index (κ3) is 2.15. The van der Waals surface area contributed by atoms with E-state index in [9.17, 15) is 0 Å². The lowest BCUT2D eigenvalue weighted by Gasteiger charge is -2.34. The minimum atomic E-state index is 0.140. The van der Waals surface area contributed by atoms with Crippen LogP contribution in [-0.2, 0) is 0 Å². The van der Waals surface area contributed by atoms with E-state index in [-0.39, 0.29) is 5.54 Å². The maximum atomic E-state index is 6.30. The lowest BCUT2D eigenvalue weighted by molar-refractivity contribution is 0.371. The Morgan fingerprint density at radius 3 is 2.39 bits per heavy atom. The molecule has 2 heteroatoms. The first-order valence-electron chi connectivity index (χ1n) is 8.47. The molecule has 2 aromatic carbocycles. The van der Waals surface area contributed by atoms with E-state index in [1.165, 1.54) is 28.4 Å². The number of nitrogens with zero attached hydrogens (tertiary/aromatic N) is 1. The number of rotatable bonds is 1. The quantitative estimate of drug-likeness (QED) is 0.555. The maximum absolute atomic E-state index is 6.30. The van der Waals surface area contributed by atoms with Crippen LogP contribution in [-0.4, -0.2) is 12.1 Å². The lowest BCUT2D eigenvalue weighted by Crippen LogP contribution is -2.38. The van der Waals surface area contributed by atoms with E-state index >= 15 is 0 Å². The highest BCUT2D eigenvalue weighted by Crippen LogP contribution is 2.47. The van der Waals surface area contributed by atoms with Crippen molar-refractivity contribution < 1.29 is 4.42 Å². The molecule has 0 atom stereocenters. The molecule has 120 valence electrons. The summed E-state index contributed by atoms with van der Waals surface area (Å²) >= 11 is 0. The van der Waals surface area contributed by atoms with Crippen molar-refractivity contribution in [2.75, 3.05) is 11.4 Å². The van der Waals surface area contributed by atoms with E-state index < -0.39 is 0 Å². The van der Waals surface area contributed by atoms with E-state index in [4.69, 9.17) is 4.42 Å². The van der Waals surface area contributed by atoms with Gasteiger partial charge in [-0.2, -0.15) is 0 Å². The summed E-state index contributed by atoms with van der Waals surface area (Å²) in [6.45, 7) is 12.7. The topological polar surface area (TPSA) is 16.4 Å². The number of para-hydroxylation sites is 1. The molecule has 2 heterocycles. The van der Waals surface area contributed by atoms with Crippen LogP contribution >= 0.6 is 0 Å². The van der Waals surface area contributed by atoms with Crippen LogP contribution in [0.1, 0.15) is 39.7 Å². The summed E-state index contributed by atoms with van der Waals surface area (Å²) in [5.41, 5.74) is 5.05. The number of furan rings is 1. The number of aryl methyl sites for hydroxylation is 1. The molecule has 1 aromatic heterocycles. The van der Waals surface area contributed by atoms with Crippen LogP contribution in [0.25, 0.3) is 21.9 Å². The van der Waals surface area contributed by atoms with Crippen molar-refractivity contribution in [2.45, 2.75) is 46.6 Å². The Bertz CT molecular complexity index is 901. The van der Waals surface area contributed by atoms with Crippen LogP contribution in [0.3, 0.4) is 0 Å². The van der Waals surface area contributed by atoms with E-state index in [0.29, 0.717) is 5.41 Å². The zero-order valence-corrected chi connectivity index (χ0v) is 14.7. The van der Waals surface area contributed by atoms with Gasteiger partial charge in [-0.05, 0) is 44.2 Å². The highest BCUT2D eigenvalue weighted by atomic mass is 16.3. The minimum Gasteiger partial charge on any atom is -0.454 e. The standard InChI is InChI=1S/C21H25NO/c1-14-10-11-16-15-8-6-7-9-17(15)23-19(16)18(14)22-13-20(2,3)12-21(22,4)5/h6-11H,12-13H2,1-5H3. The van der Waals surface area contributed by atoms with Gasteiger partial charge < -0.3 is 9.32 Å². The summed E-state index contributed by atoms with van der Waals surface area (Å²) in [4.78, 5) is 2.56. The molecule has 0 radical (unpaired) electrons. The monoisotopic (exact) mass is 307 g/mol. The van der Waals surface area contributed by atoms with Gasteiger partial charge in [-0.3, -0.25) is 0 Å². The largest absolute Gasteiger partial charge is 0.454 e. The van der Waals surface area contributed by atoms with Gasteiger partial charge in [-0.25, -0.2) is 0 Å². The fourth-order valence-corrected chi connectivity index (χ4v) is 4.55. The third-order valence-electron chi connectivity index (χ3n) is 5.22. The summed E-state index contributed by atoms with van der Waals surface area (Å²) in [7, 11) is 0. The number of hydrogen-bond donors (Lipinski definition) is 0. The second-order valence-electron chi connectivity index (χ2n) is 8.45. The minimum absolute atomic E-state index is 0.140. The van der Waals surface area contributed by atoms with Crippen LogP contribution in [0.4, 0.5) is 5.69 Å². The van der Waals surface area contributed by atoms with Crippen LogP contribution in [0.5, 0.6) is 0 Å². The number of anilines is 1. The average Bonchev–Trinajstić information content (AvgIpc) is 2.92. The number of fused-ring (bicyclic) bond motifs is 3. The zero-order valence-electron chi connectivity index (χ0n) is 14.7. The first kappa shape index (κ1) is 14.6. The molecule has 1 fully saturated rings. The summed E-state index contributed by atoms with van der Waals surface area (Å²) < 4.78 is 6.30. The molecule has 23 heavy (non-hydrogen) atoms. The predicted molar refractivity (Wildman–Crippen MR) is 98.3 cm³/mol. The second kappa shape index (κ2) is 4.53. The van der Waals surface area contributed by atoms with E-state index in [1.54, 1.807) is 0 Å². The van der Waals surface area contributed by atoms with Crippen molar-refractivity contribution in [3.05, 3.63) is 42.0 Å². The molecule has 0 amide bonds. The fraction of sp³-hybridized carbons (Fsp3) is 0.429. The second-order valence-corrected chi connectivity index (χ2v) is 8.45. The molecule has 0 unspecified atom stereocenters. The molecule has 0 N–H and O–H groups in total. The molecular weight excluding hydrogens is 282 g/mol. The van der Waals surface area contributed by atoms with Gasteiger partial charge in [-0.15, -0.1) is 0 Å². The Kier molecular flexibility index (Phi) is 2.88. The van der Waals surface area contributed by atoms with E-state index in [1.807, 2.05) is 6.07 Å². The predicted octanol–water partition coefficient (Wildman–Crippen LogP) is 5.91. The third-order valence-corrected chi connectivity index (χ3v) is 5.22. The van der Waals surface area contributed by atoms with Gasteiger partial charge in [0.05, 0.1) is 5.69 Å². The maximum Gasteiger partial charge on any atom is 0.158 e. The average molecular weight is 307 g/mol. The summed E-state index contributed by atoms with van der Waals surface area (Å²) in [5, 5.41) is 2.43. The Morgan fingerprint density at radius 1 is 0.957 bits per heavy atom. The van der Waals surface area contributed by atoms with Gasteiger partial charge in [0.1, 0.15) is 5.58 Å². The first-order chi connectivity index (χ1) is 10.8. The summed E-state index contributed by atoms with van der Waals surface area (Å²) in [5.74, 6) is 0. The van der Waals surface area contributed by atoms with Crippen molar-refractivity contribution in [1.29, 1.82) is 0 Å². The first-order valence-corrected chi connectivity index (χ1v) is 8.47. The normalized spacial score (nSPS) is 19.8. The SMILES string of the molecule is Cc1ccc2c(oc3ccccc32)c1N1CC(C)(C)CC1(C)C. The molecule has 0 bridgehead atoms. The molecule has 4 rings (SSSR count). The smallest absolute Gasteiger partial charge is 0.158 e. The number of benzene rings is 2. The van der Waals surface area contributed by atoms with Gasteiger partial charge in [-0.1, -0.05) is 44.2 Å². The van der Waals surface area contributed by atoms with Gasteiger partial charge in [0.15, 0.2) is 5.58 Å². The molecule has 0 spiro atoms. The fourth-order valence-electron chi connectivity index (χ4n) is 4.55. The van der Waals surface area contributed by atoms with Crippen molar-refractivity contribution in [1.82, 2.24) is 0 Å². The van der Waals surface area contributed by atoms with Crippen molar-refractivity contribution in [3.63, 3.8) is 0 Å². The number of hydrogen-bond acceptors (Lipinski definition) is 2. The van der Waals surface area contributed by atoms with Gasteiger partial charge in [0.25, 0.3) is 0 Å². The van der Waals surface area contributed by atoms with Crippen molar-refractivity contribution in [3.8, 4) is 0 Å². The van der Waals surface area contributed by atoms with Gasteiger partial charge >= 0.3 is 0 Å². The highest BCUT2D eigenvalue weighted by molar-refractivity contribution is 6.09. The van der Waals surface area contributed by atoms with Gasteiger partial charge in [0, 0.05) is 22.9 Å². The van der Waals surface area contributed by atoms with Crippen LogP contribution in [0.15, 0.2) is 40.8 Å². The van der Waals surface area contributed by atoms with Crippen molar-refractivity contribution >= 4 is 27.6 Å². The molecule has 0 saturated carbocycles. The Balaban J connectivity index is 2.01. The Labute approximate surface area is 138 Å². The van der Waals surface area contributed by atoms with Gasteiger partial charge in [0.2, 0.25) is 0 Å². The molecule has 1 aliphatic heterocycles. The Morgan fingerprint density at radius 2 is 1.70 bits per heavy atom. The van der Waals surface area contributed by atoms with Crippen LogP contribution < -0.4 is 4.90 Å². The molecule has 2 nitrogen and oxygen atoms in total. The summed E-state index contributed by atoms with van der Waals surface area (Å²) in [6.07, 6.45) is 1.19. The molecular formula is C21H25NO. The zero-order chi connectivity index (χ0) is 16.4. The van der Waals surface area contributed by atoms with E-state index in [0.717, 1.165) is 17.7 Å². The van der Waals surface area contributed by atoms with Crippen molar-refractivity contribution in [2.24, 2.45) is 5.41 Å². The summed E-state index contributed by atoms with van der Waals surface area (Å²) in [6, 6.07) is 12.8.